The van der Waals surface area contributed by atoms with E-state index >= 15 is 0 Å². The summed E-state index contributed by atoms with van der Waals surface area (Å²) in [5.41, 5.74) is 2.31. The SMILES string of the molecule is O=C1CCC(N2Cc3c(NCCCC(=O)NC4CCCCCCC4)cccc3C2=O)C(=O)N1. The molecule has 3 aliphatic rings. The lowest BCUT2D eigenvalue weighted by Gasteiger charge is -2.29. The third-order valence-electron chi connectivity index (χ3n) is 6.95. The van der Waals surface area contributed by atoms with Gasteiger partial charge in [0.2, 0.25) is 17.7 Å². The fraction of sp³-hybridized carbons (Fsp3) is 0.600. The molecule has 0 bridgehead atoms. The average molecular weight is 455 g/mol. The lowest BCUT2D eigenvalue weighted by molar-refractivity contribution is -0.137. The van der Waals surface area contributed by atoms with Gasteiger partial charge in [-0.1, -0.05) is 38.2 Å². The van der Waals surface area contributed by atoms with Crippen molar-refractivity contribution in [3.8, 4) is 0 Å². The molecule has 8 heteroatoms. The number of nitrogens with one attached hydrogen (secondary N) is 3. The van der Waals surface area contributed by atoms with Gasteiger partial charge in [-0.15, -0.1) is 0 Å². The summed E-state index contributed by atoms with van der Waals surface area (Å²) in [7, 11) is 0. The Bertz CT molecular complexity index is 908. The Labute approximate surface area is 194 Å². The Morgan fingerprint density at radius 1 is 1.03 bits per heavy atom. The Hall–Kier alpha value is -2.90. The zero-order valence-electron chi connectivity index (χ0n) is 19.2. The van der Waals surface area contributed by atoms with E-state index in [1.165, 1.54) is 32.1 Å². The number of carbonyl (C=O) groups excluding carboxylic acids is 4. The van der Waals surface area contributed by atoms with E-state index in [-0.39, 0.29) is 24.1 Å². The van der Waals surface area contributed by atoms with E-state index < -0.39 is 11.9 Å². The highest BCUT2D eigenvalue weighted by Crippen LogP contribution is 2.32. The van der Waals surface area contributed by atoms with Crippen LogP contribution < -0.4 is 16.0 Å². The van der Waals surface area contributed by atoms with Crippen molar-refractivity contribution < 1.29 is 19.2 Å². The predicted octanol–water partition coefficient (Wildman–Crippen LogP) is 2.87. The quantitative estimate of drug-likeness (QED) is 0.434. The second-order valence-corrected chi connectivity index (χ2v) is 9.37. The Kier molecular flexibility index (Phi) is 7.62. The van der Waals surface area contributed by atoms with Crippen LogP contribution in [-0.2, 0) is 20.9 Å². The molecule has 1 unspecified atom stereocenters. The topological polar surface area (TPSA) is 108 Å². The van der Waals surface area contributed by atoms with Crippen LogP contribution in [0.15, 0.2) is 18.2 Å². The number of carbonyl (C=O) groups is 4. The summed E-state index contributed by atoms with van der Waals surface area (Å²) in [6.07, 6.45) is 10.2. The van der Waals surface area contributed by atoms with Crippen LogP contribution in [-0.4, -0.2) is 47.2 Å². The molecule has 0 aromatic heterocycles. The summed E-state index contributed by atoms with van der Waals surface area (Å²) in [6, 6.07) is 5.22. The van der Waals surface area contributed by atoms with Crippen LogP contribution in [0.1, 0.15) is 86.6 Å². The first-order chi connectivity index (χ1) is 16.0. The van der Waals surface area contributed by atoms with Crippen LogP contribution in [0.2, 0.25) is 0 Å². The summed E-state index contributed by atoms with van der Waals surface area (Å²) in [5, 5.41) is 8.90. The zero-order valence-corrected chi connectivity index (χ0v) is 19.2. The molecule has 0 radical (unpaired) electrons. The Morgan fingerprint density at radius 3 is 2.55 bits per heavy atom. The number of hydrogen-bond acceptors (Lipinski definition) is 5. The summed E-state index contributed by atoms with van der Waals surface area (Å²) < 4.78 is 0. The van der Waals surface area contributed by atoms with Gasteiger partial charge in [-0.2, -0.15) is 0 Å². The maximum atomic E-state index is 12.9. The highest BCUT2D eigenvalue weighted by Gasteiger charge is 2.39. The summed E-state index contributed by atoms with van der Waals surface area (Å²) in [6.45, 7) is 0.965. The van der Waals surface area contributed by atoms with Crippen molar-refractivity contribution in [1.82, 2.24) is 15.5 Å². The minimum atomic E-state index is -0.618. The lowest BCUT2D eigenvalue weighted by Crippen LogP contribution is -2.52. The molecule has 1 aromatic carbocycles. The predicted molar refractivity (Wildman–Crippen MR) is 124 cm³/mol. The highest BCUT2D eigenvalue weighted by atomic mass is 16.2. The van der Waals surface area contributed by atoms with Crippen molar-refractivity contribution in [2.75, 3.05) is 11.9 Å². The normalized spacial score (nSPS) is 21.8. The first-order valence-electron chi connectivity index (χ1n) is 12.3. The van der Waals surface area contributed by atoms with Gasteiger partial charge in [0.25, 0.3) is 5.91 Å². The molecule has 33 heavy (non-hydrogen) atoms. The number of benzene rings is 1. The van der Waals surface area contributed by atoms with E-state index in [0.29, 0.717) is 44.0 Å². The fourth-order valence-corrected chi connectivity index (χ4v) is 5.12. The van der Waals surface area contributed by atoms with Crippen LogP contribution >= 0.6 is 0 Å². The molecule has 1 atom stereocenters. The molecule has 1 aliphatic carbocycles. The van der Waals surface area contributed by atoms with Crippen molar-refractivity contribution >= 4 is 29.3 Å². The molecular weight excluding hydrogens is 420 g/mol. The molecule has 4 amide bonds. The van der Waals surface area contributed by atoms with E-state index in [1.54, 1.807) is 11.0 Å². The standard InChI is InChI=1S/C25H34N4O4/c30-22(27-17-8-4-2-1-3-5-9-17)12-7-15-26-20-11-6-10-18-19(20)16-29(25(18)33)21-13-14-23(31)28-24(21)32/h6,10-11,17,21,26H,1-5,7-9,12-16H2,(H,27,30)(H,28,31,32). The second kappa shape index (κ2) is 10.8. The minimum absolute atomic E-state index is 0.111. The molecule has 2 fully saturated rings. The molecule has 0 spiro atoms. The van der Waals surface area contributed by atoms with Crippen molar-refractivity contribution in [2.24, 2.45) is 0 Å². The van der Waals surface area contributed by atoms with Gasteiger partial charge in [0.05, 0.1) is 0 Å². The molecule has 1 saturated carbocycles. The van der Waals surface area contributed by atoms with E-state index in [0.717, 1.165) is 24.1 Å². The largest absolute Gasteiger partial charge is 0.385 e. The molecule has 1 saturated heterocycles. The number of piperidine rings is 1. The number of anilines is 1. The van der Waals surface area contributed by atoms with Crippen molar-refractivity contribution in [3.63, 3.8) is 0 Å². The van der Waals surface area contributed by atoms with Crippen LogP contribution in [0.5, 0.6) is 0 Å². The second-order valence-electron chi connectivity index (χ2n) is 9.37. The Balaban J connectivity index is 1.27. The number of rotatable bonds is 7. The van der Waals surface area contributed by atoms with Crippen molar-refractivity contribution in [3.05, 3.63) is 29.3 Å². The van der Waals surface area contributed by atoms with Crippen LogP contribution in [0.3, 0.4) is 0 Å². The molecule has 1 aromatic rings. The number of hydrogen-bond donors (Lipinski definition) is 3. The van der Waals surface area contributed by atoms with Gasteiger partial charge < -0.3 is 15.5 Å². The van der Waals surface area contributed by atoms with Crippen LogP contribution in [0.25, 0.3) is 0 Å². The van der Waals surface area contributed by atoms with Crippen LogP contribution in [0, 0.1) is 0 Å². The van der Waals surface area contributed by atoms with Gasteiger partial charge in [0.15, 0.2) is 0 Å². The van der Waals surface area contributed by atoms with Gasteiger partial charge in [0, 0.05) is 48.8 Å². The number of fused-ring (bicyclic) bond motifs is 1. The maximum absolute atomic E-state index is 12.9. The van der Waals surface area contributed by atoms with E-state index in [2.05, 4.69) is 16.0 Å². The first-order valence-corrected chi connectivity index (χ1v) is 12.3. The van der Waals surface area contributed by atoms with Gasteiger partial charge in [-0.25, -0.2) is 0 Å². The summed E-state index contributed by atoms with van der Waals surface area (Å²) in [5.74, 6) is -0.764. The molecule has 2 aliphatic heterocycles. The average Bonchev–Trinajstić information content (AvgIpc) is 3.10. The summed E-state index contributed by atoms with van der Waals surface area (Å²) in [4.78, 5) is 50.5. The van der Waals surface area contributed by atoms with Crippen LogP contribution in [0.4, 0.5) is 5.69 Å². The number of nitrogens with zero attached hydrogens (tertiary/aromatic N) is 1. The highest BCUT2D eigenvalue weighted by molar-refractivity contribution is 6.06. The molecular formula is C25H34N4O4. The number of imide groups is 1. The molecule has 2 heterocycles. The Morgan fingerprint density at radius 2 is 1.79 bits per heavy atom. The van der Waals surface area contributed by atoms with Crippen molar-refractivity contribution in [2.45, 2.75) is 89.3 Å². The van der Waals surface area contributed by atoms with E-state index in [1.807, 2.05) is 12.1 Å². The fourth-order valence-electron chi connectivity index (χ4n) is 5.12. The maximum Gasteiger partial charge on any atom is 0.255 e. The van der Waals surface area contributed by atoms with E-state index in [9.17, 15) is 19.2 Å². The molecule has 8 nitrogen and oxygen atoms in total. The van der Waals surface area contributed by atoms with Gasteiger partial charge in [-0.3, -0.25) is 24.5 Å². The molecule has 4 rings (SSSR count). The van der Waals surface area contributed by atoms with Gasteiger partial charge in [0.1, 0.15) is 6.04 Å². The third kappa shape index (κ3) is 5.72. The monoisotopic (exact) mass is 454 g/mol. The van der Waals surface area contributed by atoms with Gasteiger partial charge >= 0.3 is 0 Å². The smallest absolute Gasteiger partial charge is 0.255 e. The molecule has 178 valence electrons. The lowest BCUT2D eigenvalue weighted by atomic mass is 9.96. The minimum Gasteiger partial charge on any atom is -0.385 e. The van der Waals surface area contributed by atoms with E-state index in [4.69, 9.17) is 0 Å². The molecule has 3 N–H and O–H groups in total. The van der Waals surface area contributed by atoms with Gasteiger partial charge in [-0.05, 0) is 37.8 Å². The van der Waals surface area contributed by atoms with Crippen molar-refractivity contribution in [1.29, 1.82) is 0 Å². The third-order valence-corrected chi connectivity index (χ3v) is 6.95. The number of amides is 4. The zero-order chi connectivity index (χ0) is 23.2. The summed E-state index contributed by atoms with van der Waals surface area (Å²) >= 11 is 0. The first kappa shape index (κ1) is 23.3.